The zero-order chi connectivity index (χ0) is 12.6. The number of carbonyl (C=O) groups is 1. The van der Waals surface area contributed by atoms with Gasteiger partial charge in [0.1, 0.15) is 0 Å². The van der Waals surface area contributed by atoms with Crippen LogP contribution in [-0.4, -0.2) is 10.8 Å². The molecule has 0 amide bonds. The lowest BCUT2D eigenvalue weighted by Gasteiger charge is -2.02. The fourth-order valence-electron chi connectivity index (χ4n) is 1.61. The zero-order valence-electron chi connectivity index (χ0n) is 9.87. The highest BCUT2D eigenvalue weighted by Gasteiger charge is 2.16. The fraction of sp³-hybridized carbons (Fsp3) is 0.231. The molecular formula is C13H12ClNOS. The van der Waals surface area contributed by atoms with Crippen molar-refractivity contribution in [3.8, 4) is 0 Å². The van der Waals surface area contributed by atoms with Crippen LogP contribution in [0.1, 0.15) is 31.5 Å². The van der Waals surface area contributed by atoms with Gasteiger partial charge in [-0.25, -0.2) is 4.98 Å². The predicted octanol–water partition coefficient (Wildman–Crippen LogP) is 3.95. The minimum absolute atomic E-state index is 0.00463. The molecule has 0 bridgehead atoms. The Kier molecular flexibility index (Phi) is 3.31. The van der Waals surface area contributed by atoms with Crippen molar-refractivity contribution in [2.24, 2.45) is 0 Å². The van der Waals surface area contributed by atoms with Crippen molar-refractivity contribution in [1.29, 1.82) is 0 Å². The van der Waals surface area contributed by atoms with E-state index in [4.69, 9.17) is 11.6 Å². The molecule has 2 rings (SSSR count). The van der Waals surface area contributed by atoms with Crippen LogP contribution in [0.25, 0.3) is 0 Å². The molecule has 88 valence electrons. The van der Waals surface area contributed by atoms with E-state index in [1.165, 1.54) is 11.3 Å². The first kappa shape index (κ1) is 12.3. The molecular weight excluding hydrogens is 254 g/mol. The van der Waals surface area contributed by atoms with Gasteiger partial charge < -0.3 is 0 Å². The summed E-state index contributed by atoms with van der Waals surface area (Å²) in [6.45, 7) is 5.67. The van der Waals surface area contributed by atoms with E-state index in [1.807, 2.05) is 26.8 Å². The van der Waals surface area contributed by atoms with E-state index in [0.717, 1.165) is 16.3 Å². The van der Waals surface area contributed by atoms with E-state index < -0.39 is 0 Å². The molecule has 0 aliphatic rings. The minimum Gasteiger partial charge on any atom is -0.288 e. The molecule has 0 spiro atoms. The number of thiazole rings is 1. The number of aromatic nitrogens is 1. The summed E-state index contributed by atoms with van der Waals surface area (Å²) in [5.74, 6) is -0.00463. The number of hydrogen-bond donors (Lipinski definition) is 0. The first-order valence-electron chi connectivity index (χ1n) is 5.24. The summed E-state index contributed by atoms with van der Waals surface area (Å²) in [5.41, 5.74) is 2.38. The number of nitrogens with zero attached hydrogens (tertiary/aromatic N) is 1. The number of ketones is 1. The van der Waals surface area contributed by atoms with E-state index in [1.54, 1.807) is 12.1 Å². The van der Waals surface area contributed by atoms with Crippen LogP contribution < -0.4 is 0 Å². The molecule has 1 aromatic heterocycles. The van der Waals surface area contributed by atoms with Crippen LogP contribution >= 0.6 is 22.9 Å². The van der Waals surface area contributed by atoms with Crippen molar-refractivity contribution in [1.82, 2.24) is 4.98 Å². The number of aryl methyl sites for hydroxylation is 3. The summed E-state index contributed by atoms with van der Waals surface area (Å²) >= 11 is 7.45. The van der Waals surface area contributed by atoms with E-state index in [0.29, 0.717) is 15.5 Å². The maximum Gasteiger partial charge on any atom is 0.204 e. The standard InChI is InChI=1S/C13H12ClNOS/c1-7-4-5-10(6-11(7)14)12(16)13-8(2)15-9(3)17-13/h4-6H,1-3H3. The highest BCUT2D eigenvalue weighted by Crippen LogP contribution is 2.23. The molecule has 0 unspecified atom stereocenters. The zero-order valence-corrected chi connectivity index (χ0v) is 11.4. The molecule has 0 aliphatic carbocycles. The van der Waals surface area contributed by atoms with Crippen LogP contribution in [0.15, 0.2) is 18.2 Å². The van der Waals surface area contributed by atoms with Crippen molar-refractivity contribution in [3.05, 3.63) is 49.9 Å². The maximum atomic E-state index is 12.3. The van der Waals surface area contributed by atoms with Crippen LogP contribution in [0.5, 0.6) is 0 Å². The third-order valence-electron chi connectivity index (χ3n) is 2.54. The Balaban J connectivity index is 2.44. The lowest BCUT2D eigenvalue weighted by atomic mass is 10.1. The number of hydrogen-bond acceptors (Lipinski definition) is 3. The Morgan fingerprint density at radius 2 is 2.00 bits per heavy atom. The van der Waals surface area contributed by atoms with Gasteiger partial charge in [-0.15, -0.1) is 11.3 Å². The molecule has 0 aliphatic heterocycles. The van der Waals surface area contributed by atoms with Gasteiger partial charge in [-0.3, -0.25) is 4.79 Å². The Morgan fingerprint density at radius 3 is 2.53 bits per heavy atom. The monoisotopic (exact) mass is 265 g/mol. The second-order valence-corrected chi connectivity index (χ2v) is 5.55. The van der Waals surface area contributed by atoms with E-state index in [-0.39, 0.29) is 5.78 Å². The Labute approximate surface area is 109 Å². The quantitative estimate of drug-likeness (QED) is 0.770. The molecule has 0 saturated carbocycles. The van der Waals surface area contributed by atoms with E-state index in [9.17, 15) is 4.79 Å². The van der Waals surface area contributed by atoms with Gasteiger partial charge in [0.2, 0.25) is 5.78 Å². The largest absolute Gasteiger partial charge is 0.288 e. The minimum atomic E-state index is -0.00463. The topological polar surface area (TPSA) is 30.0 Å². The lowest BCUT2D eigenvalue weighted by Crippen LogP contribution is -2.01. The van der Waals surface area contributed by atoms with Crippen molar-refractivity contribution >= 4 is 28.7 Å². The van der Waals surface area contributed by atoms with Crippen molar-refractivity contribution in [3.63, 3.8) is 0 Å². The molecule has 2 aromatic rings. The van der Waals surface area contributed by atoms with Crippen molar-refractivity contribution in [2.45, 2.75) is 20.8 Å². The smallest absolute Gasteiger partial charge is 0.204 e. The average molecular weight is 266 g/mol. The van der Waals surface area contributed by atoms with Crippen LogP contribution in [0.4, 0.5) is 0 Å². The molecule has 17 heavy (non-hydrogen) atoms. The normalized spacial score (nSPS) is 10.6. The average Bonchev–Trinajstić information content (AvgIpc) is 2.61. The predicted molar refractivity (Wildman–Crippen MR) is 71.2 cm³/mol. The van der Waals surface area contributed by atoms with Gasteiger partial charge in [-0.2, -0.15) is 0 Å². The molecule has 0 saturated heterocycles. The van der Waals surface area contributed by atoms with Gasteiger partial charge in [-0.1, -0.05) is 23.7 Å². The highest BCUT2D eigenvalue weighted by atomic mass is 35.5. The van der Waals surface area contributed by atoms with Crippen molar-refractivity contribution in [2.75, 3.05) is 0 Å². The molecule has 1 heterocycles. The second-order valence-electron chi connectivity index (χ2n) is 3.94. The van der Waals surface area contributed by atoms with Gasteiger partial charge in [0.25, 0.3) is 0 Å². The molecule has 0 radical (unpaired) electrons. The van der Waals surface area contributed by atoms with Crippen LogP contribution in [0, 0.1) is 20.8 Å². The van der Waals surface area contributed by atoms with Crippen molar-refractivity contribution < 1.29 is 4.79 Å². The van der Waals surface area contributed by atoms with Gasteiger partial charge in [0.05, 0.1) is 15.6 Å². The Bertz CT molecular complexity index is 589. The Morgan fingerprint density at radius 1 is 1.29 bits per heavy atom. The lowest BCUT2D eigenvalue weighted by molar-refractivity contribution is 0.104. The third-order valence-corrected chi connectivity index (χ3v) is 4.02. The summed E-state index contributed by atoms with van der Waals surface area (Å²) in [6.07, 6.45) is 0. The molecule has 0 N–H and O–H groups in total. The van der Waals surface area contributed by atoms with Crippen LogP contribution in [-0.2, 0) is 0 Å². The SMILES string of the molecule is Cc1nc(C)c(C(=O)c2ccc(C)c(Cl)c2)s1. The molecule has 4 heteroatoms. The van der Waals surface area contributed by atoms with Gasteiger partial charge in [0, 0.05) is 10.6 Å². The first-order chi connectivity index (χ1) is 7.99. The van der Waals surface area contributed by atoms with Crippen LogP contribution in [0.2, 0.25) is 5.02 Å². The molecule has 0 atom stereocenters. The number of halogens is 1. The molecule has 1 aromatic carbocycles. The van der Waals surface area contributed by atoms with Gasteiger partial charge >= 0.3 is 0 Å². The summed E-state index contributed by atoms with van der Waals surface area (Å²) in [5, 5.41) is 1.53. The number of rotatable bonds is 2. The van der Waals surface area contributed by atoms with Gasteiger partial charge in [-0.05, 0) is 32.4 Å². The maximum absolute atomic E-state index is 12.3. The highest BCUT2D eigenvalue weighted by molar-refractivity contribution is 7.14. The van der Waals surface area contributed by atoms with E-state index in [2.05, 4.69) is 4.98 Å². The third kappa shape index (κ3) is 2.40. The first-order valence-corrected chi connectivity index (χ1v) is 6.43. The summed E-state index contributed by atoms with van der Waals surface area (Å²) < 4.78 is 0. The summed E-state index contributed by atoms with van der Waals surface area (Å²) in [7, 11) is 0. The molecule has 2 nitrogen and oxygen atoms in total. The molecule has 0 fully saturated rings. The summed E-state index contributed by atoms with van der Waals surface area (Å²) in [6, 6.07) is 5.38. The number of benzene rings is 1. The summed E-state index contributed by atoms with van der Waals surface area (Å²) in [4.78, 5) is 17.2. The number of carbonyl (C=O) groups excluding carboxylic acids is 1. The van der Waals surface area contributed by atoms with Crippen LogP contribution in [0.3, 0.4) is 0 Å². The Hall–Kier alpha value is -1.19. The second kappa shape index (κ2) is 4.59. The van der Waals surface area contributed by atoms with Gasteiger partial charge in [0.15, 0.2) is 0 Å². The fourth-order valence-corrected chi connectivity index (χ4v) is 2.67. The van der Waals surface area contributed by atoms with E-state index >= 15 is 0 Å².